The van der Waals surface area contributed by atoms with Crippen molar-refractivity contribution in [3.8, 4) is 16.9 Å². The molecular weight excluding hydrogens is 392 g/mol. The number of halogens is 1. The second kappa shape index (κ2) is 6.98. The minimum absolute atomic E-state index is 0.202. The van der Waals surface area contributed by atoms with Crippen LogP contribution >= 0.6 is 11.6 Å². The molecule has 0 spiro atoms. The molecule has 1 unspecified atom stereocenters. The van der Waals surface area contributed by atoms with E-state index in [1.165, 1.54) is 15.4 Å². The van der Waals surface area contributed by atoms with Crippen molar-refractivity contribution in [2.75, 3.05) is 18.0 Å². The van der Waals surface area contributed by atoms with E-state index in [-0.39, 0.29) is 11.7 Å². The number of pyridine rings is 2. The maximum Gasteiger partial charge on any atom is 0.282 e. The van der Waals surface area contributed by atoms with E-state index >= 15 is 0 Å². The van der Waals surface area contributed by atoms with Crippen molar-refractivity contribution >= 4 is 22.9 Å². The molecule has 4 aromatic heterocycles. The number of nitrogens with zero attached hydrogens (tertiary/aromatic N) is 6. The second-order valence-electron chi connectivity index (χ2n) is 6.99. The number of aliphatic hydroxyl groups is 1. The number of aromatic nitrogens is 5. The van der Waals surface area contributed by atoms with Crippen LogP contribution in [0.3, 0.4) is 0 Å². The molecule has 1 aliphatic heterocycles. The van der Waals surface area contributed by atoms with Crippen LogP contribution in [-0.4, -0.2) is 48.4 Å². The van der Waals surface area contributed by atoms with Gasteiger partial charge in [0.15, 0.2) is 0 Å². The predicted octanol–water partition coefficient (Wildman–Crippen LogP) is 2.17. The average Bonchev–Trinajstić information content (AvgIpc) is 3.36. The van der Waals surface area contributed by atoms with E-state index in [0.717, 1.165) is 24.3 Å². The fraction of sp³-hybridized carbons (Fsp3) is 0.200. The van der Waals surface area contributed by atoms with Crippen molar-refractivity contribution < 1.29 is 5.11 Å². The van der Waals surface area contributed by atoms with Crippen LogP contribution in [0.1, 0.15) is 6.42 Å². The Morgan fingerprint density at radius 1 is 1.14 bits per heavy atom. The largest absolute Gasteiger partial charge is 0.391 e. The first kappa shape index (κ1) is 17.8. The Morgan fingerprint density at radius 2 is 2.03 bits per heavy atom. The summed E-state index contributed by atoms with van der Waals surface area (Å²) in [5.41, 5.74) is 2.35. The number of hydrogen-bond acceptors (Lipinski definition) is 6. The smallest absolute Gasteiger partial charge is 0.282 e. The van der Waals surface area contributed by atoms with Gasteiger partial charge in [0.25, 0.3) is 5.56 Å². The van der Waals surface area contributed by atoms with Gasteiger partial charge in [0.2, 0.25) is 0 Å². The van der Waals surface area contributed by atoms with Gasteiger partial charge in [-0.1, -0.05) is 11.6 Å². The molecular formula is C20H17ClN6O2. The van der Waals surface area contributed by atoms with E-state index in [9.17, 15) is 9.90 Å². The van der Waals surface area contributed by atoms with Crippen LogP contribution in [-0.2, 0) is 0 Å². The SMILES string of the molecule is O=c1c2cc(-c3ccc(Cl)cn3)cn2ncn1-c1ccc(N2CCC(O)C2)nc1. The van der Waals surface area contributed by atoms with E-state index < -0.39 is 0 Å². The third kappa shape index (κ3) is 3.26. The van der Waals surface area contributed by atoms with Crippen molar-refractivity contribution in [1.82, 2.24) is 24.1 Å². The Bertz CT molecular complexity index is 1230. The van der Waals surface area contributed by atoms with E-state index in [1.807, 2.05) is 17.0 Å². The fourth-order valence-electron chi connectivity index (χ4n) is 3.52. The summed E-state index contributed by atoms with van der Waals surface area (Å²) in [4.78, 5) is 23.8. The Balaban J connectivity index is 1.50. The van der Waals surface area contributed by atoms with Gasteiger partial charge in [0.05, 0.1) is 28.7 Å². The lowest BCUT2D eigenvalue weighted by molar-refractivity contribution is 0.198. The van der Waals surface area contributed by atoms with Gasteiger partial charge in [-0.2, -0.15) is 5.10 Å². The molecule has 29 heavy (non-hydrogen) atoms. The number of aliphatic hydroxyl groups excluding tert-OH is 1. The lowest BCUT2D eigenvalue weighted by Crippen LogP contribution is -2.23. The minimum Gasteiger partial charge on any atom is -0.391 e. The molecule has 5 heterocycles. The third-order valence-electron chi connectivity index (χ3n) is 5.05. The van der Waals surface area contributed by atoms with Crippen LogP contribution in [0.25, 0.3) is 22.5 Å². The second-order valence-corrected chi connectivity index (χ2v) is 7.43. The van der Waals surface area contributed by atoms with Gasteiger partial charge < -0.3 is 10.0 Å². The van der Waals surface area contributed by atoms with Crippen LogP contribution in [0.5, 0.6) is 0 Å². The van der Waals surface area contributed by atoms with Gasteiger partial charge >= 0.3 is 0 Å². The summed E-state index contributed by atoms with van der Waals surface area (Å²) in [7, 11) is 0. The molecule has 0 aromatic carbocycles. The predicted molar refractivity (Wildman–Crippen MR) is 110 cm³/mol. The molecule has 1 fully saturated rings. The number of fused-ring (bicyclic) bond motifs is 1. The average molecular weight is 409 g/mol. The topological polar surface area (TPSA) is 88.6 Å². The molecule has 0 aliphatic carbocycles. The zero-order valence-corrected chi connectivity index (χ0v) is 16.1. The van der Waals surface area contributed by atoms with Gasteiger partial charge in [-0.25, -0.2) is 9.50 Å². The van der Waals surface area contributed by atoms with Crippen LogP contribution in [0.15, 0.2) is 60.0 Å². The van der Waals surface area contributed by atoms with Gasteiger partial charge in [-0.3, -0.25) is 14.3 Å². The summed E-state index contributed by atoms with van der Waals surface area (Å²) in [5.74, 6) is 0.783. The summed E-state index contributed by atoms with van der Waals surface area (Å²) >= 11 is 5.90. The monoisotopic (exact) mass is 408 g/mol. The third-order valence-corrected chi connectivity index (χ3v) is 5.27. The summed E-state index contributed by atoms with van der Waals surface area (Å²) < 4.78 is 3.00. The zero-order chi connectivity index (χ0) is 20.0. The summed E-state index contributed by atoms with van der Waals surface area (Å²) in [5, 5.41) is 14.6. The molecule has 0 amide bonds. The first-order valence-corrected chi connectivity index (χ1v) is 9.58. The highest BCUT2D eigenvalue weighted by molar-refractivity contribution is 6.30. The number of anilines is 1. The molecule has 0 radical (unpaired) electrons. The molecule has 1 atom stereocenters. The van der Waals surface area contributed by atoms with E-state index in [2.05, 4.69) is 15.1 Å². The maximum absolute atomic E-state index is 13.0. The Labute approximate surface area is 170 Å². The number of rotatable bonds is 3. The first-order chi connectivity index (χ1) is 14.1. The van der Waals surface area contributed by atoms with Crippen molar-refractivity contribution in [2.24, 2.45) is 0 Å². The summed E-state index contributed by atoms with van der Waals surface area (Å²) in [6, 6.07) is 9.00. The molecule has 8 nitrogen and oxygen atoms in total. The van der Waals surface area contributed by atoms with Crippen LogP contribution in [0.4, 0.5) is 5.82 Å². The van der Waals surface area contributed by atoms with Gasteiger partial charge in [0, 0.05) is 31.0 Å². The molecule has 0 bridgehead atoms. The number of β-amino-alcohol motifs (C(OH)–C–C–N with tert-alkyl or cyclic N) is 1. The molecule has 146 valence electrons. The Hall–Kier alpha value is -3.23. The van der Waals surface area contributed by atoms with Crippen molar-refractivity contribution in [3.63, 3.8) is 0 Å². The minimum atomic E-state index is -0.315. The van der Waals surface area contributed by atoms with Crippen LogP contribution in [0.2, 0.25) is 5.02 Å². The maximum atomic E-state index is 13.0. The molecule has 0 saturated carbocycles. The number of hydrogen-bond donors (Lipinski definition) is 1. The Morgan fingerprint density at radius 3 is 2.72 bits per heavy atom. The first-order valence-electron chi connectivity index (χ1n) is 9.20. The molecule has 1 saturated heterocycles. The van der Waals surface area contributed by atoms with Crippen LogP contribution in [0, 0.1) is 0 Å². The molecule has 1 N–H and O–H groups in total. The van der Waals surface area contributed by atoms with E-state index in [0.29, 0.717) is 28.5 Å². The highest BCUT2D eigenvalue weighted by Gasteiger charge is 2.21. The molecule has 9 heteroatoms. The standard InChI is InChI=1S/C20H17ClN6O2/c21-14-1-3-17(22-8-14)13-7-18-20(29)26(12-24-27(18)10-13)15-2-4-19(23-9-15)25-6-5-16(28)11-25/h1-4,7-10,12,16,28H,5-6,11H2. The normalized spacial score (nSPS) is 16.6. The highest BCUT2D eigenvalue weighted by Crippen LogP contribution is 2.21. The van der Waals surface area contributed by atoms with Crippen molar-refractivity contribution in [2.45, 2.75) is 12.5 Å². The van der Waals surface area contributed by atoms with Crippen molar-refractivity contribution in [3.05, 3.63) is 70.6 Å². The summed E-state index contributed by atoms with van der Waals surface area (Å²) in [6.45, 7) is 1.35. The Kier molecular flexibility index (Phi) is 4.30. The van der Waals surface area contributed by atoms with Crippen LogP contribution < -0.4 is 10.5 Å². The lowest BCUT2D eigenvalue weighted by atomic mass is 10.2. The van der Waals surface area contributed by atoms with Gasteiger partial charge in [-0.15, -0.1) is 0 Å². The van der Waals surface area contributed by atoms with E-state index in [4.69, 9.17) is 11.6 Å². The zero-order valence-electron chi connectivity index (χ0n) is 15.3. The van der Waals surface area contributed by atoms with Gasteiger partial charge in [0.1, 0.15) is 17.7 Å². The lowest BCUT2D eigenvalue weighted by Gasteiger charge is -2.16. The summed E-state index contributed by atoms with van der Waals surface area (Å²) in [6.07, 6.45) is 6.87. The molecule has 4 aromatic rings. The highest BCUT2D eigenvalue weighted by atomic mass is 35.5. The quantitative estimate of drug-likeness (QED) is 0.559. The van der Waals surface area contributed by atoms with Gasteiger partial charge in [-0.05, 0) is 36.8 Å². The van der Waals surface area contributed by atoms with E-state index in [1.54, 1.807) is 36.8 Å². The fourth-order valence-corrected chi connectivity index (χ4v) is 3.63. The molecule has 1 aliphatic rings. The molecule has 5 rings (SSSR count). The van der Waals surface area contributed by atoms with Crippen molar-refractivity contribution in [1.29, 1.82) is 0 Å².